The molecular weight excluding hydrogens is 497 g/mol. The second-order valence-corrected chi connectivity index (χ2v) is 8.84. The fraction of sp³-hybridized carbons (Fsp3) is 0.0800. The molecule has 1 amide bonds. The van der Waals surface area contributed by atoms with E-state index in [1.807, 2.05) is 12.1 Å². The molecule has 2 heterocycles. The molecule has 2 aromatic carbocycles. The van der Waals surface area contributed by atoms with Gasteiger partial charge in [-0.15, -0.1) is 0 Å². The number of ether oxygens (including phenoxy) is 1. The smallest absolute Gasteiger partial charge is 0.344 e. The molecule has 1 N–H and O–H groups in total. The average Bonchev–Trinajstić information content (AvgIpc) is 3.39. The Morgan fingerprint density at radius 2 is 1.82 bits per heavy atom. The van der Waals surface area contributed by atoms with E-state index in [1.54, 1.807) is 55.5 Å². The van der Waals surface area contributed by atoms with Crippen molar-refractivity contribution in [3.05, 3.63) is 98.3 Å². The van der Waals surface area contributed by atoms with Crippen molar-refractivity contribution in [2.45, 2.75) is 6.92 Å². The number of amides is 1. The van der Waals surface area contributed by atoms with Gasteiger partial charge < -0.3 is 14.3 Å². The van der Waals surface area contributed by atoms with Crippen LogP contribution in [0.1, 0.15) is 23.0 Å². The lowest BCUT2D eigenvalue weighted by Crippen LogP contribution is -2.14. The van der Waals surface area contributed by atoms with Gasteiger partial charge in [-0.2, -0.15) is 0 Å². The minimum Gasteiger partial charge on any atom is -0.506 e. The summed E-state index contributed by atoms with van der Waals surface area (Å²) in [6.45, 7) is 1.73. The molecule has 0 saturated carbocycles. The fourth-order valence-electron chi connectivity index (χ4n) is 3.11. The Kier molecular flexibility index (Phi) is 7.26. The van der Waals surface area contributed by atoms with E-state index in [1.165, 1.54) is 6.07 Å². The summed E-state index contributed by atoms with van der Waals surface area (Å²) in [7, 11) is 0. The third-order valence-corrected chi connectivity index (χ3v) is 6.31. The molecule has 1 aliphatic heterocycles. The molecule has 1 aromatic heterocycles. The number of hydrogen-bond donors (Lipinski definition) is 1. The first-order valence-electron chi connectivity index (χ1n) is 10.1. The van der Waals surface area contributed by atoms with E-state index in [0.717, 1.165) is 17.3 Å². The van der Waals surface area contributed by atoms with Crippen LogP contribution in [-0.2, 0) is 9.53 Å². The van der Waals surface area contributed by atoms with E-state index in [0.29, 0.717) is 16.5 Å². The highest BCUT2D eigenvalue weighted by Gasteiger charge is 2.34. The number of hydrogen-bond acceptors (Lipinski definition) is 6. The summed E-state index contributed by atoms with van der Waals surface area (Å²) in [5, 5.41) is 11.6. The number of carbonyl (C=O) groups excluding carboxylic acids is 2. The van der Waals surface area contributed by atoms with Crippen LogP contribution in [0.25, 0.3) is 17.4 Å². The molecule has 172 valence electrons. The van der Waals surface area contributed by atoms with Gasteiger partial charge in [-0.25, -0.2) is 9.79 Å². The van der Waals surface area contributed by atoms with E-state index < -0.39 is 11.9 Å². The molecule has 4 rings (SSSR count). The highest BCUT2D eigenvalue weighted by Crippen LogP contribution is 2.40. The Hall–Kier alpha value is -3.26. The summed E-state index contributed by atoms with van der Waals surface area (Å²) in [5.74, 6) is -0.752. The van der Waals surface area contributed by atoms with Gasteiger partial charge >= 0.3 is 5.97 Å². The van der Waals surface area contributed by atoms with Gasteiger partial charge in [-0.3, -0.25) is 4.79 Å². The zero-order chi connectivity index (χ0) is 24.2. The number of esters is 1. The fourth-order valence-corrected chi connectivity index (χ4v) is 4.44. The Bertz CT molecular complexity index is 1360. The maximum Gasteiger partial charge on any atom is 0.344 e. The van der Waals surface area contributed by atoms with Crippen LogP contribution in [0.5, 0.6) is 0 Å². The van der Waals surface area contributed by atoms with E-state index >= 15 is 0 Å². The second kappa shape index (κ2) is 10.3. The normalized spacial score (nSPS) is 15.9. The number of aliphatic imine (C=N–C) groups is 1. The summed E-state index contributed by atoms with van der Waals surface area (Å²) in [4.78, 5) is 29.6. The van der Waals surface area contributed by atoms with Gasteiger partial charge in [0.2, 0.25) is 0 Å². The molecule has 0 saturated heterocycles. The van der Waals surface area contributed by atoms with Crippen LogP contribution in [0.15, 0.2) is 86.3 Å². The van der Waals surface area contributed by atoms with Gasteiger partial charge in [0.25, 0.3) is 5.91 Å². The van der Waals surface area contributed by atoms with Crippen molar-refractivity contribution in [1.29, 1.82) is 0 Å². The number of benzene rings is 2. The van der Waals surface area contributed by atoms with Crippen LogP contribution < -0.4 is 0 Å². The highest BCUT2D eigenvalue weighted by atomic mass is 35.5. The van der Waals surface area contributed by atoms with E-state index in [2.05, 4.69) is 4.99 Å². The first-order chi connectivity index (χ1) is 16.4. The highest BCUT2D eigenvalue weighted by molar-refractivity contribution is 8.18. The van der Waals surface area contributed by atoms with E-state index in [9.17, 15) is 14.7 Å². The predicted molar refractivity (Wildman–Crippen MR) is 134 cm³/mol. The zero-order valence-corrected chi connectivity index (χ0v) is 20.1. The minimum atomic E-state index is -0.789. The summed E-state index contributed by atoms with van der Waals surface area (Å²) < 4.78 is 10.9. The lowest BCUT2D eigenvalue weighted by Gasteiger charge is -2.04. The Balaban J connectivity index is 1.68. The van der Waals surface area contributed by atoms with E-state index in [-0.39, 0.29) is 38.5 Å². The predicted octanol–water partition coefficient (Wildman–Crippen LogP) is 6.96. The van der Waals surface area contributed by atoms with Crippen molar-refractivity contribution in [3.8, 4) is 11.3 Å². The number of aliphatic hydroxyl groups excluding tert-OH is 1. The Labute approximate surface area is 209 Å². The molecule has 3 aromatic rings. The average molecular weight is 514 g/mol. The second-order valence-electron chi connectivity index (χ2n) is 6.97. The molecular formula is C25H17Cl2NO5S. The molecule has 34 heavy (non-hydrogen) atoms. The van der Waals surface area contributed by atoms with Crippen LogP contribution in [0.4, 0.5) is 0 Å². The van der Waals surface area contributed by atoms with Crippen LogP contribution in [0, 0.1) is 0 Å². The first kappa shape index (κ1) is 23.9. The quantitative estimate of drug-likeness (QED) is 0.371. The van der Waals surface area contributed by atoms with Crippen LogP contribution >= 0.6 is 35.0 Å². The molecule has 9 heteroatoms. The van der Waals surface area contributed by atoms with Crippen molar-refractivity contribution in [2.24, 2.45) is 4.99 Å². The molecule has 0 radical (unpaired) electrons. The maximum atomic E-state index is 12.7. The third kappa shape index (κ3) is 5.12. The molecule has 0 atom stereocenters. The van der Waals surface area contributed by atoms with Gasteiger partial charge in [0.15, 0.2) is 0 Å². The number of furan rings is 1. The number of thioether (sulfide) groups is 1. The molecule has 0 bridgehead atoms. The number of carbonyl (C=O) groups is 2. The zero-order valence-electron chi connectivity index (χ0n) is 17.7. The summed E-state index contributed by atoms with van der Waals surface area (Å²) in [6.07, 6.45) is 1.56. The monoisotopic (exact) mass is 513 g/mol. The lowest BCUT2D eigenvalue weighted by atomic mass is 10.2. The SMILES string of the molecule is CCOC(=O)C1=C(O)/C(=C/c2ccc(-c3ccc(Cl)cc3)o2)SC1=NC(=O)c1ccccc1Cl. The van der Waals surface area contributed by atoms with Crippen LogP contribution in [-0.4, -0.2) is 28.6 Å². The number of halogens is 2. The first-order valence-corrected chi connectivity index (χ1v) is 11.7. The van der Waals surface area contributed by atoms with E-state index in [4.69, 9.17) is 32.4 Å². The largest absolute Gasteiger partial charge is 0.506 e. The molecule has 0 unspecified atom stereocenters. The Morgan fingerprint density at radius 3 is 2.53 bits per heavy atom. The molecule has 0 spiro atoms. The summed E-state index contributed by atoms with van der Waals surface area (Å²) >= 11 is 13.0. The van der Waals surface area contributed by atoms with Crippen molar-refractivity contribution in [2.75, 3.05) is 6.61 Å². The molecule has 0 fully saturated rings. The van der Waals surface area contributed by atoms with Crippen molar-refractivity contribution < 1.29 is 23.8 Å². The molecule has 1 aliphatic rings. The standard InChI is InChI=1S/C25H17Cl2NO5S/c1-2-32-25(31)21-22(29)20(34-24(21)28-23(30)17-5-3-4-6-18(17)27)13-16-11-12-19(33-16)14-7-9-15(26)10-8-14/h3-13,29H,2H2,1H3/b20-13-,28-24?. The number of rotatable bonds is 5. The topological polar surface area (TPSA) is 89.1 Å². The molecule has 0 aliphatic carbocycles. The van der Waals surface area contributed by atoms with Crippen molar-refractivity contribution in [1.82, 2.24) is 0 Å². The molecule has 6 nitrogen and oxygen atoms in total. The maximum absolute atomic E-state index is 12.7. The van der Waals surface area contributed by atoms with Crippen LogP contribution in [0.3, 0.4) is 0 Å². The minimum absolute atomic E-state index is 0.0107. The van der Waals surface area contributed by atoms with Gasteiger partial charge in [0.05, 0.1) is 22.1 Å². The van der Waals surface area contributed by atoms with Crippen molar-refractivity contribution in [3.63, 3.8) is 0 Å². The lowest BCUT2D eigenvalue weighted by molar-refractivity contribution is -0.138. The number of nitrogens with zero attached hydrogens (tertiary/aromatic N) is 1. The van der Waals surface area contributed by atoms with Crippen molar-refractivity contribution >= 4 is 58.0 Å². The van der Waals surface area contributed by atoms with Gasteiger partial charge in [-0.1, -0.05) is 47.1 Å². The van der Waals surface area contributed by atoms with Gasteiger partial charge in [-0.05, 0) is 61.5 Å². The number of aliphatic hydroxyl groups is 1. The van der Waals surface area contributed by atoms with Crippen LogP contribution in [0.2, 0.25) is 10.0 Å². The third-order valence-electron chi connectivity index (χ3n) is 4.71. The van der Waals surface area contributed by atoms with Gasteiger partial charge in [0, 0.05) is 10.6 Å². The Morgan fingerprint density at radius 1 is 1.09 bits per heavy atom. The summed E-state index contributed by atoms with van der Waals surface area (Å²) in [5.41, 5.74) is 0.812. The van der Waals surface area contributed by atoms with Gasteiger partial charge in [0.1, 0.15) is 27.9 Å². The summed E-state index contributed by atoms with van der Waals surface area (Å²) in [6, 6.07) is 17.1.